The standard InChI is InChI=1S/C11H18N2O2/c1-14-10-4-5-13(7-10)8-11-3-2-9(6-12)15-11/h2-3,10H,4-8,12H2,1H3. The lowest BCUT2D eigenvalue weighted by Gasteiger charge is -2.13. The molecular formula is C11H18N2O2. The molecule has 15 heavy (non-hydrogen) atoms. The van der Waals surface area contributed by atoms with Crippen LogP contribution in [0.2, 0.25) is 0 Å². The molecule has 0 radical (unpaired) electrons. The van der Waals surface area contributed by atoms with Crippen molar-refractivity contribution in [3.05, 3.63) is 23.7 Å². The Labute approximate surface area is 90.0 Å². The molecule has 1 aliphatic heterocycles. The van der Waals surface area contributed by atoms with E-state index in [1.165, 1.54) is 0 Å². The molecule has 0 amide bonds. The highest BCUT2D eigenvalue weighted by molar-refractivity contribution is 5.07. The topological polar surface area (TPSA) is 51.6 Å². The molecule has 0 aliphatic carbocycles. The summed E-state index contributed by atoms with van der Waals surface area (Å²) in [5.41, 5.74) is 5.49. The highest BCUT2D eigenvalue weighted by Crippen LogP contribution is 2.16. The normalized spacial score (nSPS) is 22.4. The Balaban J connectivity index is 1.87. The van der Waals surface area contributed by atoms with Crippen LogP contribution in [0.3, 0.4) is 0 Å². The van der Waals surface area contributed by atoms with Gasteiger partial charge >= 0.3 is 0 Å². The number of hydrogen-bond donors (Lipinski definition) is 1. The largest absolute Gasteiger partial charge is 0.463 e. The van der Waals surface area contributed by atoms with Crippen molar-refractivity contribution in [3.63, 3.8) is 0 Å². The minimum absolute atomic E-state index is 0.383. The third kappa shape index (κ3) is 2.59. The number of methoxy groups -OCH3 is 1. The van der Waals surface area contributed by atoms with Gasteiger partial charge in [0.05, 0.1) is 19.2 Å². The van der Waals surface area contributed by atoms with E-state index in [1.54, 1.807) is 7.11 Å². The molecule has 1 atom stereocenters. The molecule has 1 unspecified atom stereocenters. The fourth-order valence-corrected chi connectivity index (χ4v) is 1.97. The summed E-state index contributed by atoms with van der Waals surface area (Å²) in [5.74, 6) is 1.85. The van der Waals surface area contributed by atoms with Gasteiger partial charge in [-0.05, 0) is 18.6 Å². The third-order valence-electron chi connectivity index (χ3n) is 2.86. The molecule has 1 aromatic rings. The monoisotopic (exact) mass is 210 g/mol. The van der Waals surface area contributed by atoms with Gasteiger partial charge in [-0.1, -0.05) is 0 Å². The van der Waals surface area contributed by atoms with Gasteiger partial charge in [-0.25, -0.2) is 0 Å². The van der Waals surface area contributed by atoms with Gasteiger partial charge in [0.25, 0.3) is 0 Å². The van der Waals surface area contributed by atoms with E-state index < -0.39 is 0 Å². The molecule has 1 aliphatic rings. The van der Waals surface area contributed by atoms with Crippen LogP contribution in [0.4, 0.5) is 0 Å². The second kappa shape index (κ2) is 4.79. The number of nitrogens with zero attached hydrogens (tertiary/aromatic N) is 1. The molecule has 0 bridgehead atoms. The van der Waals surface area contributed by atoms with Crippen molar-refractivity contribution in [2.45, 2.75) is 25.6 Å². The lowest BCUT2D eigenvalue weighted by atomic mass is 10.3. The van der Waals surface area contributed by atoms with E-state index >= 15 is 0 Å². The highest BCUT2D eigenvalue weighted by atomic mass is 16.5. The van der Waals surface area contributed by atoms with Gasteiger partial charge in [0.1, 0.15) is 11.5 Å². The van der Waals surface area contributed by atoms with Gasteiger partial charge in [0, 0.05) is 20.2 Å². The van der Waals surface area contributed by atoms with Gasteiger partial charge < -0.3 is 14.9 Å². The van der Waals surface area contributed by atoms with E-state index in [0.29, 0.717) is 12.6 Å². The lowest BCUT2D eigenvalue weighted by molar-refractivity contribution is 0.106. The Kier molecular flexibility index (Phi) is 3.41. The van der Waals surface area contributed by atoms with Crippen molar-refractivity contribution in [1.29, 1.82) is 0 Å². The molecule has 2 rings (SSSR count). The lowest BCUT2D eigenvalue weighted by Crippen LogP contribution is -2.22. The van der Waals surface area contributed by atoms with Crippen molar-refractivity contribution in [3.8, 4) is 0 Å². The fourth-order valence-electron chi connectivity index (χ4n) is 1.97. The molecule has 84 valence electrons. The maximum Gasteiger partial charge on any atom is 0.118 e. The maximum absolute atomic E-state index is 5.56. The van der Waals surface area contributed by atoms with Crippen LogP contribution in [0.25, 0.3) is 0 Å². The number of likely N-dealkylation sites (tertiary alicyclic amines) is 1. The van der Waals surface area contributed by atoms with Gasteiger partial charge in [-0.15, -0.1) is 0 Å². The first-order valence-electron chi connectivity index (χ1n) is 5.34. The first kappa shape index (κ1) is 10.7. The van der Waals surface area contributed by atoms with Crippen LogP contribution < -0.4 is 5.73 Å². The van der Waals surface area contributed by atoms with Crippen molar-refractivity contribution >= 4 is 0 Å². The molecule has 2 N–H and O–H groups in total. The smallest absolute Gasteiger partial charge is 0.118 e. The molecular weight excluding hydrogens is 192 g/mol. The summed E-state index contributed by atoms with van der Waals surface area (Å²) in [6.07, 6.45) is 1.50. The summed E-state index contributed by atoms with van der Waals surface area (Å²) in [7, 11) is 1.77. The summed E-state index contributed by atoms with van der Waals surface area (Å²) < 4.78 is 10.9. The number of rotatable bonds is 4. The SMILES string of the molecule is COC1CCN(Cc2ccc(CN)o2)C1. The summed E-state index contributed by atoms with van der Waals surface area (Å²) in [6, 6.07) is 3.95. The number of hydrogen-bond acceptors (Lipinski definition) is 4. The number of furan rings is 1. The van der Waals surface area contributed by atoms with E-state index in [2.05, 4.69) is 4.90 Å². The first-order chi connectivity index (χ1) is 7.31. The molecule has 4 nitrogen and oxygen atoms in total. The zero-order valence-corrected chi connectivity index (χ0v) is 9.11. The summed E-state index contributed by atoms with van der Waals surface area (Å²) in [5, 5.41) is 0. The minimum atomic E-state index is 0.383. The predicted molar refractivity (Wildman–Crippen MR) is 57.3 cm³/mol. The van der Waals surface area contributed by atoms with E-state index in [0.717, 1.165) is 37.6 Å². The fraction of sp³-hybridized carbons (Fsp3) is 0.636. The molecule has 1 aromatic heterocycles. The van der Waals surface area contributed by atoms with Crippen LogP contribution in [0, 0.1) is 0 Å². The second-order valence-electron chi connectivity index (χ2n) is 3.95. The van der Waals surface area contributed by atoms with Crippen molar-refractivity contribution in [2.24, 2.45) is 5.73 Å². The zero-order chi connectivity index (χ0) is 10.7. The van der Waals surface area contributed by atoms with Crippen molar-refractivity contribution in [1.82, 2.24) is 4.90 Å². The van der Waals surface area contributed by atoms with E-state index in [4.69, 9.17) is 14.9 Å². The average molecular weight is 210 g/mol. The summed E-state index contributed by atoms with van der Waals surface area (Å²) >= 11 is 0. The van der Waals surface area contributed by atoms with E-state index in [1.807, 2.05) is 12.1 Å². The molecule has 0 aromatic carbocycles. The Hall–Kier alpha value is -0.840. The number of nitrogens with two attached hydrogens (primary N) is 1. The highest BCUT2D eigenvalue weighted by Gasteiger charge is 2.22. The van der Waals surface area contributed by atoms with Crippen LogP contribution >= 0.6 is 0 Å². The predicted octanol–water partition coefficient (Wildman–Crippen LogP) is 0.959. The van der Waals surface area contributed by atoms with E-state index in [-0.39, 0.29) is 0 Å². The van der Waals surface area contributed by atoms with Crippen molar-refractivity contribution < 1.29 is 9.15 Å². The molecule has 0 saturated carbocycles. The summed E-state index contributed by atoms with van der Waals surface area (Å²) in [4.78, 5) is 2.34. The van der Waals surface area contributed by atoms with Gasteiger partial charge in [-0.3, -0.25) is 4.90 Å². The van der Waals surface area contributed by atoms with Crippen LogP contribution in [0.5, 0.6) is 0 Å². The van der Waals surface area contributed by atoms with Crippen LogP contribution in [-0.2, 0) is 17.8 Å². The zero-order valence-electron chi connectivity index (χ0n) is 9.11. The van der Waals surface area contributed by atoms with Crippen LogP contribution in [-0.4, -0.2) is 31.2 Å². The van der Waals surface area contributed by atoms with Gasteiger partial charge in [0.15, 0.2) is 0 Å². The van der Waals surface area contributed by atoms with Crippen LogP contribution in [0.15, 0.2) is 16.5 Å². The Morgan fingerprint density at radius 1 is 1.53 bits per heavy atom. The molecule has 4 heteroatoms. The van der Waals surface area contributed by atoms with E-state index in [9.17, 15) is 0 Å². The Morgan fingerprint density at radius 2 is 2.33 bits per heavy atom. The molecule has 1 fully saturated rings. The average Bonchev–Trinajstić information content (AvgIpc) is 2.87. The quantitative estimate of drug-likeness (QED) is 0.804. The minimum Gasteiger partial charge on any atom is -0.463 e. The van der Waals surface area contributed by atoms with Gasteiger partial charge in [0.2, 0.25) is 0 Å². The number of ether oxygens (including phenoxy) is 1. The van der Waals surface area contributed by atoms with Crippen molar-refractivity contribution in [2.75, 3.05) is 20.2 Å². The molecule has 0 spiro atoms. The Bertz CT molecular complexity index is 311. The maximum atomic E-state index is 5.56. The second-order valence-corrected chi connectivity index (χ2v) is 3.95. The van der Waals surface area contributed by atoms with Crippen LogP contribution in [0.1, 0.15) is 17.9 Å². The molecule has 1 saturated heterocycles. The third-order valence-corrected chi connectivity index (χ3v) is 2.86. The Morgan fingerprint density at radius 3 is 2.93 bits per heavy atom. The summed E-state index contributed by atoms with van der Waals surface area (Å²) in [6.45, 7) is 3.41. The van der Waals surface area contributed by atoms with Gasteiger partial charge in [-0.2, -0.15) is 0 Å². The first-order valence-corrected chi connectivity index (χ1v) is 5.34. The molecule has 2 heterocycles.